The van der Waals surface area contributed by atoms with Gasteiger partial charge in [0.1, 0.15) is 29.0 Å². The summed E-state index contributed by atoms with van der Waals surface area (Å²) in [7, 11) is -5.51. The average molecular weight is 1270 g/mol. The Morgan fingerprint density at radius 2 is 1.57 bits per heavy atom. The van der Waals surface area contributed by atoms with Gasteiger partial charge < -0.3 is 44.1 Å². The van der Waals surface area contributed by atoms with Crippen LogP contribution >= 0.6 is 30.6 Å². The molecule has 84 heavy (non-hydrogen) atoms. The second-order valence-corrected chi connectivity index (χ2v) is 23.6. The van der Waals surface area contributed by atoms with Gasteiger partial charge in [-0.2, -0.15) is 26.3 Å². The Kier molecular flexibility index (Phi) is 26.6. The van der Waals surface area contributed by atoms with E-state index in [2.05, 4.69) is 22.9 Å². The summed E-state index contributed by atoms with van der Waals surface area (Å²) in [5.41, 5.74) is 4.77. The number of nitro groups is 1. The number of nitro benzene ring substituents is 1. The normalized spacial score (nSPS) is 13.6. The fraction of sp³-hybridized carbons (Fsp3) is 0.396. The molecular weight excluding hydrogens is 1210 g/mol. The number of ether oxygens (including phenoxy) is 4. The molecular formula is C53H59Cl2F6N4O17PS. The van der Waals surface area contributed by atoms with Gasteiger partial charge in [0.05, 0.1) is 62.7 Å². The van der Waals surface area contributed by atoms with Crippen molar-refractivity contribution in [1.29, 1.82) is 0 Å². The number of carbonyl (C=O) groups is 5. The number of hydrogen-bond acceptors (Lipinski definition) is 17. The van der Waals surface area contributed by atoms with Crippen molar-refractivity contribution in [3.05, 3.63) is 139 Å². The summed E-state index contributed by atoms with van der Waals surface area (Å²) in [5.74, 6) is -3.93. The first kappa shape index (κ1) is 71.3. The number of ketones is 1. The van der Waals surface area contributed by atoms with Crippen molar-refractivity contribution in [2.75, 3.05) is 56.8 Å². The van der Waals surface area contributed by atoms with Crippen molar-refractivity contribution in [3.63, 3.8) is 0 Å². The van der Waals surface area contributed by atoms with Crippen LogP contribution in [0.4, 0.5) is 37.7 Å². The Bertz CT molecular complexity index is 3320. The number of carboxylic acid groups (broad SMARTS) is 1. The third-order valence-electron chi connectivity index (χ3n) is 11.6. The van der Waals surface area contributed by atoms with E-state index in [0.717, 1.165) is 78.7 Å². The van der Waals surface area contributed by atoms with E-state index in [1.165, 1.54) is 19.8 Å². The van der Waals surface area contributed by atoms with Crippen molar-refractivity contribution in [3.8, 4) is 11.5 Å². The number of anilines is 1. The van der Waals surface area contributed by atoms with E-state index in [4.69, 9.17) is 57.7 Å². The molecule has 4 N–H and O–H groups in total. The molecule has 0 radical (unpaired) electrons. The first-order valence-electron chi connectivity index (χ1n) is 24.8. The highest BCUT2D eigenvalue weighted by molar-refractivity contribution is 7.90. The van der Waals surface area contributed by atoms with Gasteiger partial charge in [-0.1, -0.05) is 41.9 Å². The second-order valence-electron chi connectivity index (χ2n) is 18.4. The van der Waals surface area contributed by atoms with Gasteiger partial charge in [0.25, 0.3) is 5.69 Å². The van der Waals surface area contributed by atoms with Gasteiger partial charge >= 0.3 is 30.3 Å². The lowest BCUT2D eigenvalue weighted by Gasteiger charge is -2.31. The minimum Gasteiger partial charge on any atom is -0.480 e. The number of alkyl halides is 7. The molecule has 0 spiro atoms. The minimum absolute atomic E-state index is 0.0223. The number of sulfone groups is 1. The number of rotatable bonds is 21. The number of halogens is 8. The molecule has 1 amide bonds. The van der Waals surface area contributed by atoms with Crippen LogP contribution in [0.25, 0.3) is 0 Å². The van der Waals surface area contributed by atoms with Crippen molar-refractivity contribution in [2.45, 2.75) is 88.6 Å². The number of benzene rings is 4. The first-order valence-corrected chi connectivity index (χ1v) is 29.9. The molecule has 31 heteroatoms. The lowest BCUT2D eigenvalue weighted by Crippen LogP contribution is -2.43. The van der Waals surface area contributed by atoms with Crippen LogP contribution in [0, 0.1) is 17.0 Å². The molecule has 1 aliphatic rings. The number of amides is 1. The number of carbonyl (C=O) groups excluding carboxylic acids is 4. The number of aliphatic carboxylic acids is 1. The summed E-state index contributed by atoms with van der Waals surface area (Å²) in [6.07, 6.45) is -4.87. The van der Waals surface area contributed by atoms with Crippen LogP contribution < -0.4 is 15.4 Å². The van der Waals surface area contributed by atoms with E-state index >= 15 is 0 Å². The highest BCUT2D eigenvalue weighted by Gasteiger charge is 2.37. The molecule has 6 rings (SSSR count). The average Bonchev–Trinajstić information content (AvgIpc) is 2.20. The van der Waals surface area contributed by atoms with Crippen molar-refractivity contribution < 1.29 is 102 Å². The lowest BCUT2D eigenvalue weighted by molar-refractivity contribution is -0.385. The maximum absolute atomic E-state index is 12.8. The van der Waals surface area contributed by atoms with Gasteiger partial charge in [-0.15, -0.1) is 11.6 Å². The molecule has 1 aliphatic carbocycles. The zero-order chi connectivity index (χ0) is 63.7. The van der Waals surface area contributed by atoms with Crippen LogP contribution in [0.5, 0.6) is 11.5 Å². The number of aromatic nitrogens is 1. The summed E-state index contributed by atoms with van der Waals surface area (Å²) >= 11 is 11.6. The molecule has 0 bridgehead atoms. The second kappa shape index (κ2) is 31.3. The van der Waals surface area contributed by atoms with Gasteiger partial charge in [-0.3, -0.25) is 29.1 Å². The zero-order valence-corrected chi connectivity index (χ0v) is 49.1. The molecule has 1 fully saturated rings. The molecule has 1 heterocycles. The monoisotopic (exact) mass is 1270 g/mol. The minimum atomic E-state index is -4.71. The molecule has 3 unspecified atom stereocenters. The molecule has 3 atom stereocenters. The molecule has 460 valence electrons. The van der Waals surface area contributed by atoms with E-state index in [-0.39, 0.29) is 70.6 Å². The smallest absolute Gasteiger partial charge is 0.416 e. The third kappa shape index (κ3) is 21.6. The van der Waals surface area contributed by atoms with Crippen LogP contribution in [0.1, 0.15) is 100 Å². The molecule has 1 saturated carbocycles. The topological polar surface area (TPSA) is 312 Å². The predicted molar refractivity (Wildman–Crippen MR) is 294 cm³/mol. The van der Waals surface area contributed by atoms with Crippen LogP contribution in [-0.4, -0.2) is 122 Å². The van der Waals surface area contributed by atoms with Crippen LogP contribution in [0.2, 0.25) is 5.02 Å². The standard InChI is InChI=1S/C18H13ClF3NO7.C15H22ClNO2.C15H12F3NO4S.C5H12NO4P/c1-2-28-16(24)9-29-17(25)12-8-11(4-5-14(12)23(26)27)30-15-6-3-10(7-13(15)19)18(20,21)22;1-5-13-8-6-7-11(2)15(13)17(14(18)9-16)12(3)10-19-4;1-24(21,22)12-6-9(15(16,17)18)4-5-10(12)13(20)11-7-19-23-14(11)8-2-3-8;1-11(9,10)3-2-4(6)5(7)8/h3-8H,2,9H2,1H3;6-8,12H,5,9-10H2,1-4H3;4-8H,2-3H2,1H3;4H,2-3,6H2,1H3,(H,7,8)(H,9,10). The summed E-state index contributed by atoms with van der Waals surface area (Å²) in [6, 6.07) is 12.4. The number of hydrogen-bond donors (Lipinski definition) is 3. The number of carboxylic acids is 1. The molecule has 5 aromatic rings. The number of aryl methyl sites for hydroxylation is 2. The van der Waals surface area contributed by atoms with Crippen molar-refractivity contribution in [2.24, 2.45) is 5.73 Å². The maximum atomic E-state index is 12.8. The molecule has 4 aromatic carbocycles. The Hall–Kier alpha value is -6.94. The van der Waals surface area contributed by atoms with E-state index in [0.29, 0.717) is 30.6 Å². The number of para-hydroxylation sites is 1. The summed E-state index contributed by atoms with van der Waals surface area (Å²) in [4.78, 5) is 78.6. The first-order chi connectivity index (χ1) is 39.0. The predicted octanol–water partition coefficient (Wildman–Crippen LogP) is 10.8. The number of nitrogens with two attached hydrogens (primary N) is 1. The molecule has 0 aliphatic heterocycles. The van der Waals surface area contributed by atoms with Gasteiger partial charge in [0.2, 0.25) is 5.91 Å². The molecule has 1 aromatic heterocycles. The Morgan fingerprint density at radius 1 is 0.952 bits per heavy atom. The van der Waals surface area contributed by atoms with Crippen LogP contribution in [-0.2, 0) is 61.8 Å². The van der Waals surface area contributed by atoms with Gasteiger partial charge in [0, 0.05) is 49.8 Å². The lowest BCUT2D eigenvalue weighted by atomic mass is 10.0. The largest absolute Gasteiger partial charge is 0.480 e. The van der Waals surface area contributed by atoms with E-state index in [1.54, 1.807) is 12.0 Å². The van der Waals surface area contributed by atoms with Gasteiger partial charge in [-0.25, -0.2) is 18.0 Å². The fourth-order valence-electron chi connectivity index (χ4n) is 7.41. The number of esters is 2. The fourth-order valence-corrected chi connectivity index (χ4v) is 9.42. The van der Waals surface area contributed by atoms with Gasteiger partial charge in [0.15, 0.2) is 35.4 Å². The molecule has 21 nitrogen and oxygen atoms in total. The highest BCUT2D eigenvalue weighted by Crippen LogP contribution is 2.43. The van der Waals surface area contributed by atoms with E-state index in [9.17, 15) is 73.4 Å². The Morgan fingerprint density at radius 3 is 2.08 bits per heavy atom. The Labute approximate surface area is 487 Å². The van der Waals surface area contributed by atoms with Crippen LogP contribution in [0.15, 0.2) is 88.4 Å². The molecule has 0 saturated heterocycles. The summed E-state index contributed by atoms with van der Waals surface area (Å²) in [6.45, 7) is 8.57. The highest BCUT2D eigenvalue weighted by atomic mass is 35.5. The number of methoxy groups -OCH3 is 1. The third-order valence-corrected chi connectivity index (χ3v) is 14.3. The van der Waals surface area contributed by atoms with Crippen molar-refractivity contribution >= 4 is 81.4 Å². The zero-order valence-electron chi connectivity index (χ0n) is 45.9. The van der Waals surface area contributed by atoms with E-state index in [1.807, 2.05) is 26.0 Å². The van der Waals surface area contributed by atoms with E-state index < -0.39 is 98.1 Å². The van der Waals surface area contributed by atoms with Crippen LogP contribution in [0.3, 0.4) is 0 Å². The van der Waals surface area contributed by atoms with Crippen molar-refractivity contribution in [1.82, 2.24) is 5.16 Å². The van der Waals surface area contributed by atoms with Gasteiger partial charge in [-0.05, 0) is 100 Å². The SMILES string of the molecule is CCOC(=O)COC(=O)c1cc(Oc2ccc(C(F)(F)F)cc2Cl)ccc1[N+](=O)[O-].CCc1cccc(C)c1N(C(=O)CCl)C(C)COC.CP(=O)(O)CCC(N)C(=O)O.CS(=O)(=O)c1cc(C(F)(F)F)ccc1C(=O)c1cnoc1C1CC1. The summed E-state index contributed by atoms with van der Waals surface area (Å²) in [5, 5.41) is 22.6. The quantitative estimate of drug-likeness (QED) is 0.0117. The number of nitrogens with zero attached hydrogens (tertiary/aromatic N) is 3. The Balaban J connectivity index is 0.000000309. The maximum Gasteiger partial charge on any atom is 0.416 e. The summed E-state index contributed by atoms with van der Waals surface area (Å²) < 4.78 is 136.